The lowest BCUT2D eigenvalue weighted by atomic mass is 10.1. The Morgan fingerprint density at radius 2 is 1.93 bits per heavy atom. The number of thioether (sulfide) groups is 1. The van der Waals surface area contributed by atoms with Crippen molar-refractivity contribution in [2.45, 2.75) is 36.5 Å². The van der Waals surface area contributed by atoms with E-state index in [2.05, 4.69) is 21.7 Å². The van der Waals surface area contributed by atoms with Crippen LogP contribution in [0, 0.1) is 0 Å². The molecule has 0 aliphatic rings. The van der Waals surface area contributed by atoms with Crippen molar-refractivity contribution in [3.05, 3.63) is 77.8 Å². The van der Waals surface area contributed by atoms with E-state index in [1.54, 1.807) is 25.1 Å². The number of nitrogen functional groups attached to an aromatic ring is 1. The number of benzene rings is 2. The fraction of sp³-hybridized carbons (Fsp3) is 0.348. The molecule has 2 N–H and O–H groups in total. The fourth-order valence-corrected chi connectivity index (χ4v) is 4.27. The molecule has 5 nitrogen and oxygen atoms in total. The monoisotopic (exact) mass is 445 g/mol. The second-order valence-corrected chi connectivity index (χ2v) is 8.61. The number of methoxy groups -OCH3 is 1. The Kier molecular flexibility index (Phi) is 9.08. The average molecular weight is 446 g/mol. The van der Waals surface area contributed by atoms with Crippen LogP contribution in [0.3, 0.4) is 0 Å². The molecule has 0 unspecified atom stereocenters. The summed E-state index contributed by atoms with van der Waals surface area (Å²) in [4.78, 5) is 5.22. The highest BCUT2D eigenvalue weighted by molar-refractivity contribution is 7.99. The normalized spacial score (nSPS) is 13.3. The molecule has 3 rings (SSSR count). The minimum Gasteiger partial charge on any atom is -0.398 e. The molecule has 0 aliphatic carbocycles. The van der Waals surface area contributed by atoms with E-state index in [1.807, 2.05) is 48.9 Å². The maximum atomic E-state index is 6.51. The predicted molar refractivity (Wildman–Crippen MR) is 124 cm³/mol. The molecular weight excluding hydrogens is 418 g/mol. The molecule has 2 aromatic carbocycles. The van der Waals surface area contributed by atoms with Gasteiger partial charge in [0.05, 0.1) is 25.1 Å². The topological polar surface area (TPSA) is 62.3 Å². The number of aromatic nitrogens is 2. The molecule has 0 saturated carbocycles. The lowest BCUT2D eigenvalue weighted by molar-refractivity contribution is -0.0455. The summed E-state index contributed by atoms with van der Waals surface area (Å²) in [5.74, 6) is 0.767. The summed E-state index contributed by atoms with van der Waals surface area (Å²) in [7, 11) is 1.70. The van der Waals surface area contributed by atoms with E-state index in [4.69, 9.17) is 26.8 Å². The van der Waals surface area contributed by atoms with E-state index in [-0.39, 0.29) is 12.2 Å². The van der Waals surface area contributed by atoms with Gasteiger partial charge < -0.3 is 19.8 Å². The van der Waals surface area contributed by atoms with Gasteiger partial charge >= 0.3 is 0 Å². The minimum atomic E-state index is -0.0432. The van der Waals surface area contributed by atoms with Crippen LogP contribution in [0.25, 0.3) is 0 Å². The molecule has 160 valence electrons. The quantitative estimate of drug-likeness (QED) is 0.316. The first kappa shape index (κ1) is 22.7. The second kappa shape index (κ2) is 12.0. The second-order valence-electron chi connectivity index (χ2n) is 7.11. The largest absolute Gasteiger partial charge is 0.398 e. The molecule has 7 heteroatoms. The van der Waals surface area contributed by atoms with E-state index in [9.17, 15) is 0 Å². The van der Waals surface area contributed by atoms with Crippen LogP contribution in [0.4, 0.5) is 5.69 Å². The van der Waals surface area contributed by atoms with Gasteiger partial charge in [-0.15, -0.1) is 11.8 Å². The highest BCUT2D eigenvalue weighted by Crippen LogP contribution is 2.26. The molecular formula is C23H28ClN3O2S. The van der Waals surface area contributed by atoms with Crippen LogP contribution in [0.15, 0.2) is 72.1 Å². The average Bonchev–Trinajstić information content (AvgIpc) is 3.25. The predicted octanol–water partition coefficient (Wildman–Crippen LogP) is 4.94. The number of aryl methyl sites for hydroxylation is 1. The number of anilines is 1. The van der Waals surface area contributed by atoms with Crippen LogP contribution in [0.5, 0.6) is 0 Å². The molecule has 30 heavy (non-hydrogen) atoms. The first-order valence-corrected chi connectivity index (χ1v) is 11.3. The molecule has 1 aromatic heterocycles. The zero-order chi connectivity index (χ0) is 21.2. The van der Waals surface area contributed by atoms with E-state index in [0.717, 1.165) is 40.7 Å². The van der Waals surface area contributed by atoms with Crippen LogP contribution in [0.2, 0.25) is 5.02 Å². The molecule has 0 radical (unpaired) electrons. The van der Waals surface area contributed by atoms with Gasteiger partial charge in [0.15, 0.2) is 0 Å². The highest BCUT2D eigenvalue weighted by Gasteiger charge is 2.18. The first-order chi connectivity index (χ1) is 14.6. The number of nitrogens with zero attached hydrogens (tertiary/aromatic N) is 2. The summed E-state index contributed by atoms with van der Waals surface area (Å²) in [5.41, 5.74) is 8.11. The van der Waals surface area contributed by atoms with Crippen molar-refractivity contribution in [3.8, 4) is 0 Å². The van der Waals surface area contributed by atoms with E-state index in [1.165, 1.54) is 5.56 Å². The van der Waals surface area contributed by atoms with Crippen molar-refractivity contribution in [1.82, 2.24) is 9.55 Å². The number of hydrogen-bond acceptors (Lipinski definition) is 5. The lowest BCUT2D eigenvalue weighted by Gasteiger charge is -2.25. The third kappa shape index (κ3) is 7.36. The molecule has 0 spiro atoms. The van der Waals surface area contributed by atoms with Crippen molar-refractivity contribution < 1.29 is 9.47 Å². The molecule has 2 atom stereocenters. The van der Waals surface area contributed by atoms with E-state index >= 15 is 0 Å². The Hall–Kier alpha value is -1.99. The molecule has 0 aliphatic heterocycles. The van der Waals surface area contributed by atoms with Crippen molar-refractivity contribution in [1.29, 1.82) is 0 Å². The van der Waals surface area contributed by atoms with Gasteiger partial charge in [-0.3, -0.25) is 0 Å². The molecule has 0 bridgehead atoms. The molecule has 3 aromatic rings. The Morgan fingerprint density at radius 1 is 1.13 bits per heavy atom. The maximum absolute atomic E-state index is 6.51. The van der Waals surface area contributed by atoms with Crippen molar-refractivity contribution in [3.63, 3.8) is 0 Å². The molecule has 0 saturated heterocycles. The van der Waals surface area contributed by atoms with E-state index in [0.29, 0.717) is 6.61 Å². The van der Waals surface area contributed by atoms with Gasteiger partial charge in [-0.1, -0.05) is 35.9 Å². The summed E-state index contributed by atoms with van der Waals surface area (Å²) in [6.07, 6.45) is 7.36. The van der Waals surface area contributed by atoms with Gasteiger partial charge in [-0.2, -0.15) is 0 Å². The minimum absolute atomic E-state index is 0.0312. The Balaban J connectivity index is 1.63. The van der Waals surface area contributed by atoms with Crippen LogP contribution >= 0.6 is 23.4 Å². The zero-order valence-corrected chi connectivity index (χ0v) is 18.7. The number of hydrogen-bond donors (Lipinski definition) is 1. The summed E-state index contributed by atoms with van der Waals surface area (Å²) in [6, 6.07) is 15.9. The van der Waals surface area contributed by atoms with Crippen LogP contribution in [-0.4, -0.2) is 41.2 Å². The van der Waals surface area contributed by atoms with E-state index < -0.39 is 0 Å². The van der Waals surface area contributed by atoms with Gasteiger partial charge in [0.2, 0.25) is 0 Å². The van der Waals surface area contributed by atoms with Crippen molar-refractivity contribution >= 4 is 29.1 Å². The first-order valence-electron chi connectivity index (χ1n) is 9.96. The third-order valence-electron chi connectivity index (χ3n) is 4.72. The Morgan fingerprint density at radius 3 is 2.63 bits per heavy atom. The summed E-state index contributed by atoms with van der Waals surface area (Å²) in [6.45, 7) is 1.27. The highest BCUT2D eigenvalue weighted by atomic mass is 35.5. The summed E-state index contributed by atoms with van der Waals surface area (Å²) in [5, 5.41) is 0.752. The Bertz CT molecular complexity index is 874. The third-order valence-corrected chi connectivity index (χ3v) is 6.20. The number of ether oxygens (including phenoxy) is 2. The smallest absolute Gasteiger partial charge is 0.0946 e. The van der Waals surface area contributed by atoms with Gasteiger partial charge in [0.25, 0.3) is 0 Å². The summed E-state index contributed by atoms with van der Waals surface area (Å²) >= 11 is 7.71. The van der Waals surface area contributed by atoms with Gasteiger partial charge in [0, 0.05) is 47.4 Å². The molecule has 0 fully saturated rings. The van der Waals surface area contributed by atoms with Crippen LogP contribution in [-0.2, 0) is 22.4 Å². The van der Waals surface area contributed by atoms with Crippen LogP contribution < -0.4 is 5.73 Å². The number of halogens is 1. The fourth-order valence-electron chi connectivity index (χ4n) is 3.19. The molecule has 1 heterocycles. The Labute approximate surface area is 187 Å². The maximum Gasteiger partial charge on any atom is 0.0946 e. The number of para-hydroxylation sites is 1. The standard InChI is InChI=1S/C23H28ClN3O2S/c1-28-15-21(16-30-23-5-3-2-4-22(23)25)29-20(14-27-13-12-26-17-27)11-8-18-6-9-19(24)10-7-18/h2-7,9-10,12-13,17,20-21H,8,11,14-16,25H2,1H3/t20-,21+/m0/s1. The SMILES string of the molecule is COC[C@H](CSc1ccccc1N)O[C@@H](CCc1ccc(Cl)cc1)Cn1ccnc1. The van der Waals surface area contributed by atoms with Gasteiger partial charge in [-0.05, 0) is 42.7 Å². The van der Waals surface area contributed by atoms with Gasteiger partial charge in [-0.25, -0.2) is 4.98 Å². The van der Waals surface area contributed by atoms with Crippen LogP contribution in [0.1, 0.15) is 12.0 Å². The van der Waals surface area contributed by atoms with Gasteiger partial charge in [0.1, 0.15) is 0 Å². The lowest BCUT2D eigenvalue weighted by Crippen LogP contribution is -2.31. The van der Waals surface area contributed by atoms with Crippen molar-refractivity contribution in [2.75, 3.05) is 25.2 Å². The number of imidazole rings is 1. The molecule has 0 amide bonds. The number of nitrogens with two attached hydrogens (primary N) is 1. The summed E-state index contributed by atoms with van der Waals surface area (Å²) < 4.78 is 14.0. The number of rotatable bonds is 12. The van der Waals surface area contributed by atoms with Crippen molar-refractivity contribution in [2.24, 2.45) is 0 Å². The zero-order valence-electron chi connectivity index (χ0n) is 17.1.